The van der Waals surface area contributed by atoms with E-state index in [4.69, 9.17) is 5.73 Å². The molecule has 2 heterocycles. The standard InChI is InChI=1S/C9H15N3S/c10-5-8-6-11-12(7-8)9-1-3-13-4-2-9/h6-7,9H,1-5,10H2. The lowest BCUT2D eigenvalue weighted by atomic mass is 10.2. The molecule has 1 fully saturated rings. The molecule has 0 amide bonds. The first-order chi connectivity index (χ1) is 6.40. The predicted molar refractivity (Wildman–Crippen MR) is 55.7 cm³/mol. The average Bonchev–Trinajstić information content (AvgIpc) is 2.67. The second kappa shape index (κ2) is 4.15. The van der Waals surface area contributed by atoms with Crippen LogP contribution < -0.4 is 5.73 Å². The van der Waals surface area contributed by atoms with Crippen molar-refractivity contribution in [3.63, 3.8) is 0 Å². The van der Waals surface area contributed by atoms with Gasteiger partial charge in [-0.1, -0.05) is 0 Å². The van der Waals surface area contributed by atoms with Crippen LogP contribution in [0.3, 0.4) is 0 Å². The third-order valence-corrected chi connectivity index (χ3v) is 3.50. The molecule has 0 spiro atoms. The van der Waals surface area contributed by atoms with Crippen molar-refractivity contribution in [3.05, 3.63) is 18.0 Å². The third-order valence-electron chi connectivity index (χ3n) is 2.46. The first-order valence-electron chi connectivity index (χ1n) is 4.71. The van der Waals surface area contributed by atoms with Gasteiger partial charge >= 0.3 is 0 Å². The van der Waals surface area contributed by atoms with E-state index in [0.717, 1.165) is 5.56 Å². The summed E-state index contributed by atoms with van der Waals surface area (Å²) in [4.78, 5) is 0. The fraction of sp³-hybridized carbons (Fsp3) is 0.667. The van der Waals surface area contributed by atoms with Gasteiger partial charge in [-0.25, -0.2) is 0 Å². The third kappa shape index (κ3) is 2.06. The molecule has 1 aliphatic heterocycles. The van der Waals surface area contributed by atoms with Gasteiger partial charge in [-0.15, -0.1) is 0 Å². The molecular weight excluding hydrogens is 182 g/mol. The molecule has 0 radical (unpaired) electrons. The van der Waals surface area contributed by atoms with Crippen molar-refractivity contribution < 1.29 is 0 Å². The molecule has 72 valence electrons. The van der Waals surface area contributed by atoms with Gasteiger partial charge in [-0.2, -0.15) is 16.9 Å². The fourth-order valence-electron chi connectivity index (χ4n) is 1.63. The van der Waals surface area contributed by atoms with Gasteiger partial charge in [0.1, 0.15) is 0 Å². The van der Waals surface area contributed by atoms with Crippen LogP contribution in [-0.2, 0) is 6.54 Å². The van der Waals surface area contributed by atoms with Gasteiger partial charge in [0.05, 0.1) is 12.2 Å². The Labute approximate surface area is 82.7 Å². The monoisotopic (exact) mass is 197 g/mol. The molecule has 1 saturated heterocycles. The topological polar surface area (TPSA) is 43.8 Å². The van der Waals surface area contributed by atoms with Crippen LogP contribution in [0.1, 0.15) is 24.4 Å². The van der Waals surface area contributed by atoms with Gasteiger partial charge in [-0.3, -0.25) is 4.68 Å². The zero-order valence-electron chi connectivity index (χ0n) is 7.65. The van der Waals surface area contributed by atoms with Crippen LogP contribution >= 0.6 is 11.8 Å². The second-order valence-corrected chi connectivity index (χ2v) is 4.60. The quantitative estimate of drug-likeness (QED) is 0.779. The fourth-order valence-corrected chi connectivity index (χ4v) is 2.71. The highest BCUT2D eigenvalue weighted by atomic mass is 32.2. The molecule has 0 unspecified atom stereocenters. The van der Waals surface area contributed by atoms with Gasteiger partial charge in [0, 0.05) is 18.3 Å². The normalized spacial score (nSPS) is 19.2. The minimum Gasteiger partial charge on any atom is -0.326 e. The molecule has 13 heavy (non-hydrogen) atoms. The van der Waals surface area contributed by atoms with Crippen molar-refractivity contribution in [2.45, 2.75) is 25.4 Å². The molecule has 0 bridgehead atoms. The van der Waals surface area contributed by atoms with Crippen molar-refractivity contribution in [1.29, 1.82) is 0 Å². The Morgan fingerprint density at radius 1 is 1.54 bits per heavy atom. The SMILES string of the molecule is NCc1cnn(C2CCSCC2)c1. The van der Waals surface area contributed by atoms with Gasteiger partial charge in [0.15, 0.2) is 0 Å². The van der Waals surface area contributed by atoms with E-state index in [1.165, 1.54) is 24.3 Å². The lowest BCUT2D eigenvalue weighted by Crippen LogP contribution is -2.15. The summed E-state index contributed by atoms with van der Waals surface area (Å²) in [7, 11) is 0. The van der Waals surface area contributed by atoms with E-state index in [9.17, 15) is 0 Å². The second-order valence-electron chi connectivity index (χ2n) is 3.38. The lowest BCUT2D eigenvalue weighted by Gasteiger charge is -2.21. The maximum atomic E-state index is 5.54. The Hall–Kier alpha value is -0.480. The number of thioether (sulfide) groups is 1. The summed E-state index contributed by atoms with van der Waals surface area (Å²) in [6.45, 7) is 0.599. The summed E-state index contributed by atoms with van der Waals surface area (Å²) >= 11 is 2.04. The average molecular weight is 197 g/mol. The number of nitrogens with two attached hydrogens (primary N) is 1. The molecule has 1 aromatic heterocycles. The predicted octanol–water partition coefficient (Wildman–Crippen LogP) is 1.41. The van der Waals surface area contributed by atoms with Crippen LogP contribution in [-0.4, -0.2) is 21.3 Å². The summed E-state index contributed by atoms with van der Waals surface area (Å²) in [6, 6.07) is 0.613. The number of hydrogen-bond donors (Lipinski definition) is 1. The van der Waals surface area contributed by atoms with Crippen LogP contribution in [0.25, 0.3) is 0 Å². The highest BCUT2D eigenvalue weighted by molar-refractivity contribution is 7.99. The van der Waals surface area contributed by atoms with Crippen molar-refractivity contribution in [1.82, 2.24) is 9.78 Å². The molecule has 0 aromatic carbocycles. The molecule has 4 heteroatoms. The zero-order valence-corrected chi connectivity index (χ0v) is 8.46. The van der Waals surface area contributed by atoms with Crippen molar-refractivity contribution in [3.8, 4) is 0 Å². The van der Waals surface area contributed by atoms with Gasteiger partial charge in [-0.05, 0) is 24.3 Å². The van der Waals surface area contributed by atoms with E-state index in [2.05, 4.69) is 16.0 Å². The van der Waals surface area contributed by atoms with Crippen molar-refractivity contribution >= 4 is 11.8 Å². The summed E-state index contributed by atoms with van der Waals surface area (Å²) in [5.74, 6) is 2.53. The first-order valence-corrected chi connectivity index (χ1v) is 5.86. The smallest absolute Gasteiger partial charge is 0.0535 e. The van der Waals surface area contributed by atoms with E-state index in [-0.39, 0.29) is 0 Å². The Morgan fingerprint density at radius 3 is 2.92 bits per heavy atom. The number of hydrogen-bond acceptors (Lipinski definition) is 3. The van der Waals surface area contributed by atoms with E-state index < -0.39 is 0 Å². The first kappa shape index (κ1) is 9.09. The summed E-state index contributed by atoms with van der Waals surface area (Å²) in [5.41, 5.74) is 6.67. The minimum atomic E-state index is 0.599. The van der Waals surface area contributed by atoms with Gasteiger partial charge < -0.3 is 5.73 Å². The van der Waals surface area contributed by atoms with E-state index in [1.54, 1.807) is 0 Å². The Morgan fingerprint density at radius 2 is 2.31 bits per heavy atom. The van der Waals surface area contributed by atoms with Crippen LogP contribution in [0, 0.1) is 0 Å². The maximum absolute atomic E-state index is 5.54. The molecule has 2 rings (SSSR count). The number of aromatic nitrogens is 2. The van der Waals surface area contributed by atoms with Crippen molar-refractivity contribution in [2.24, 2.45) is 5.73 Å². The number of nitrogens with zero attached hydrogens (tertiary/aromatic N) is 2. The highest BCUT2D eigenvalue weighted by Gasteiger charge is 2.15. The van der Waals surface area contributed by atoms with Crippen LogP contribution in [0.2, 0.25) is 0 Å². The van der Waals surface area contributed by atoms with Gasteiger partial charge in [0.2, 0.25) is 0 Å². The van der Waals surface area contributed by atoms with Crippen molar-refractivity contribution in [2.75, 3.05) is 11.5 Å². The highest BCUT2D eigenvalue weighted by Crippen LogP contribution is 2.26. The Balaban J connectivity index is 2.05. The molecule has 0 aliphatic carbocycles. The Bertz CT molecular complexity index is 266. The van der Waals surface area contributed by atoms with Crippen LogP contribution in [0.4, 0.5) is 0 Å². The van der Waals surface area contributed by atoms with Crippen LogP contribution in [0.5, 0.6) is 0 Å². The largest absolute Gasteiger partial charge is 0.326 e. The summed E-state index contributed by atoms with van der Waals surface area (Å²) in [6.07, 6.45) is 6.45. The molecule has 0 saturated carbocycles. The molecular formula is C9H15N3S. The molecule has 3 nitrogen and oxygen atoms in total. The van der Waals surface area contributed by atoms with E-state index >= 15 is 0 Å². The lowest BCUT2D eigenvalue weighted by molar-refractivity contribution is 0.426. The maximum Gasteiger partial charge on any atom is 0.0535 e. The van der Waals surface area contributed by atoms with E-state index in [1.807, 2.05) is 18.0 Å². The minimum absolute atomic E-state index is 0.599. The molecule has 2 N–H and O–H groups in total. The van der Waals surface area contributed by atoms with Gasteiger partial charge in [0.25, 0.3) is 0 Å². The molecule has 1 aromatic rings. The Kier molecular flexibility index (Phi) is 2.90. The van der Waals surface area contributed by atoms with Crippen LogP contribution in [0.15, 0.2) is 12.4 Å². The molecule has 1 aliphatic rings. The molecule has 0 atom stereocenters. The zero-order chi connectivity index (χ0) is 9.10. The summed E-state index contributed by atoms with van der Waals surface area (Å²) in [5, 5.41) is 4.34. The van der Waals surface area contributed by atoms with E-state index in [0.29, 0.717) is 12.6 Å². The summed E-state index contributed by atoms with van der Waals surface area (Å²) < 4.78 is 2.09. The number of rotatable bonds is 2.